The summed E-state index contributed by atoms with van der Waals surface area (Å²) >= 11 is 0. The van der Waals surface area contributed by atoms with Gasteiger partial charge in [0, 0.05) is 6.55 Å². The van der Waals surface area contributed by atoms with Crippen molar-refractivity contribution in [3.8, 4) is 0 Å². The molecule has 15 heavy (non-hydrogen) atoms. The van der Waals surface area contributed by atoms with E-state index in [1.807, 2.05) is 0 Å². The smallest absolute Gasteiger partial charge is 0.477 e. The van der Waals surface area contributed by atoms with Gasteiger partial charge in [-0.15, -0.1) is 0 Å². The molecular weight excluding hydrogens is 244 g/mol. The summed E-state index contributed by atoms with van der Waals surface area (Å²) < 4.78 is 16.8. The fourth-order valence-corrected chi connectivity index (χ4v) is 11.3. The Hall–Kier alpha value is 0.0406. The lowest BCUT2D eigenvalue weighted by atomic mass is 11.7. The second kappa shape index (κ2) is 4.92. The molecule has 0 aliphatic rings. The predicted molar refractivity (Wildman–Crippen MR) is 67.6 cm³/mol. The lowest BCUT2D eigenvalue weighted by Gasteiger charge is -2.35. The van der Waals surface area contributed by atoms with Gasteiger partial charge in [-0.05, 0) is 39.3 Å². The van der Waals surface area contributed by atoms with Gasteiger partial charge < -0.3 is 12.7 Å². The van der Waals surface area contributed by atoms with Crippen LogP contribution in [-0.2, 0) is 17.5 Å². The number of hydrogen-bond donors (Lipinski definition) is 0. The van der Waals surface area contributed by atoms with Crippen molar-refractivity contribution >= 4 is 31.9 Å². The molecular formula is C8H22O4Si3. The molecule has 0 heterocycles. The van der Waals surface area contributed by atoms with Crippen molar-refractivity contribution in [2.75, 3.05) is 0 Å². The highest BCUT2D eigenvalue weighted by Crippen LogP contribution is 2.20. The van der Waals surface area contributed by atoms with Crippen LogP contribution in [0.15, 0.2) is 0 Å². The molecule has 4 nitrogen and oxygen atoms in total. The van der Waals surface area contributed by atoms with Crippen molar-refractivity contribution in [2.45, 2.75) is 45.8 Å². The highest BCUT2D eigenvalue weighted by molar-refractivity contribution is 6.85. The fraction of sp³-hybridized carbons (Fsp3) is 0.875. The van der Waals surface area contributed by atoms with Gasteiger partial charge in [0.25, 0.3) is 6.47 Å². The summed E-state index contributed by atoms with van der Waals surface area (Å²) in [7, 11) is -6.27. The van der Waals surface area contributed by atoms with Crippen LogP contribution in [0.3, 0.4) is 0 Å². The monoisotopic (exact) mass is 266 g/mol. The zero-order valence-corrected chi connectivity index (χ0v) is 13.7. The lowest BCUT2D eigenvalue weighted by Crippen LogP contribution is -2.54. The number of rotatable bonds is 6. The minimum absolute atomic E-state index is 0.437. The number of hydrogen-bond acceptors (Lipinski definition) is 4. The molecule has 7 heteroatoms. The largest absolute Gasteiger partial charge is 0.543 e. The molecule has 0 amide bonds. The first-order valence-corrected chi connectivity index (χ1v) is 14.0. The number of carbonyl (C=O) groups excluding carboxylic acids is 1. The Morgan fingerprint density at radius 1 is 0.800 bits per heavy atom. The third-order valence-electron chi connectivity index (χ3n) is 1.25. The zero-order chi connectivity index (χ0) is 12.3. The molecule has 0 aromatic carbocycles. The van der Waals surface area contributed by atoms with E-state index in [9.17, 15) is 4.79 Å². The van der Waals surface area contributed by atoms with E-state index >= 15 is 0 Å². The molecule has 0 unspecified atom stereocenters. The van der Waals surface area contributed by atoms with Crippen LogP contribution in [0.2, 0.25) is 45.8 Å². The highest BCUT2D eigenvalue weighted by Gasteiger charge is 2.44. The van der Waals surface area contributed by atoms with Gasteiger partial charge >= 0.3 is 8.80 Å². The van der Waals surface area contributed by atoms with Crippen molar-refractivity contribution < 1.29 is 17.5 Å². The van der Waals surface area contributed by atoms with E-state index in [1.165, 1.54) is 0 Å². The Morgan fingerprint density at radius 3 is 1.33 bits per heavy atom. The zero-order valence-electron chi connectivity index (χ0n) is 10.7. The normalized spacial score (nSPS) is 13.8. The maximum atomic E-state index is 10.5. The van der Waals surface area contributed by atoms with Crippen LogP contribution in [0, 0.1) is 0 Å². The van der Waals surface area contributed by atoms with Crippen molar-refractivity contribution in [3.63, 3.8) is 0 Å². The van der Waals surface area contributed by atoms with Crippen LogP contribution < -0.4 is 0 Å². The standard InChI is InChI=1S/C8H22O4Si3/c1-13(2,3)11-15(7,10-8-9)12-14(4,5)6/h8H,1-7H3. The van der Waals surface area contributed by atoms with E-state index in [1.54, 1.807) is 6.55 Å². The molecule has 0 spiro atoms. The summed E-state index contributed by atoms with van der Waals surface area (Å²) in [4.78, 5) is 10.5. The topological polar surface area (TPSA) is 44.8 Å². The van der Waals surface area contributed by atoms with Crippen LogP contribution >= 0.6 is 0 Å². The first kappa shape index (κ1) is 15.0. The van der Waals surface area contributed by atoms with E-state index in [-0.39, 0.29) is 0 Å². The van der Waals surface area contributed by atoms with Gasteiger partial charge in [0.2, 0.25) is 0 Å². The predicted octanol–water partition coefficient (Wildman–Crippen LogP) is 2.43. The van der Waals surface area contributed by atoms with Gasteiger partial charge in [0.1, 0.15) is 0 Å². The Bertz CT molecular complexity index is 203. The van der Waals surface area contributed by atoms with Crippen molar-refractivity contribution in [3.05, 3.63) is 0 Å². The first-order chi connectivity index (χ1) is 6.47. The maximum Gasteiger partial charge on any atom is 0.543 e. The molecule has 0 radical (unpaired) electrons. The third kappa shape index (κ3) is 7.91. The van der Waals surface area contributed by atoms with E-state index < -0.39 is 25.4 Å². The molecule has 0 N–H and O–H groups in total. The van der Waals surface area contributed by atoms with Gasteiger partial charge in [-0.3, -0.25) is 4.79 Å². The molecule has 0 atom stereocenters. The Balaban J connectivity index is 4.66. The molecule has 0 fully saturated rings. The minimum Gasteiger partial charge on any atom is -0.477 e. The summed E-state index contributed by atoms with van der Waals surface area (Å²) in [6.45, 7) is 14.6. The van der Waals surface area contributed by atoms with Crippen LogP contribution in [0.5, 0.6) is 0 Å². The quantitative estimate of drug-likeness (QED) is 0.547. The van der Waals surface area contributed by atoms with Crippen LogP contribution in [0.25, 0.3) is 0 Å². The summed E-state index contributed by atoms with van der Waals surface area (Å²) in [6.07, 6.45) is 0. The van der Waals surface area contributed by atoms with Crippen molar-refractivity contribution in [1.29, 1.82) is 0 Å². The van der Waals surface area contributed by atoms with Crippen molar-refractivity contribution in [1.82, 2.24) is 0 Å². The van der Waals surface area contributed by atoms with Crippen molar-refractivity contribution in [2.24, 2.45) is 0 Å². The Labute approximate surface area is 95.6 Å². The van der Waals surface area contributed by atoms with Gasteiger partial charge in [0.05, 0.1) is 0 Å². The third-order valence-corrected chi connectivity index (χ3v) is 9.64. The second-order valence-corrected chi connectivity index (χ2v) is 17.5. The summed E-state index contributed by atoms with van der Waals surface area (Å²) in [6, 6.07) is 0. The highest BCUT2D eigenvalue weighted by atomic mass is 28.5. The molecule has 0 aliphatic carbocycles. The maximum absolute atomic E-state index is 10.5. The summed E-state index contributed by atoms with van der Waals surface area (Å²) in [5, 5.41) is 0. The molecule has 0 aromatic rings. The van der Waals surface area contributed by atoms with E-state index in [4.69, 9.17) is 12.7 Å². The molecule has 90 valence electrons. The average molecular weight is 267 g/mol. The van der Waals surface area contributed by atoms with E-state index in [0.717, 1.165) is 0 Å². The molecule has 0 aliphatic heterocycles. The van der Waals surface area contributed by atoms with Gasteiger partial charge in [-0.1, -0.05) is 0 Å². The van der Waals surface area contributed by atoms with E-state index in [0.29, 0.717) is 6.47 Å². The summed E-state index contributed by atoms with van der Waals surface area (Å²) in [5.41, 5.74) is 0. The van der Waals surface area contributed by atoms with Crippen LogP contribution in [0.1, 0.15) is 0 Å². The Morgan fingerprint density at radius 2 is 1.13 bits per heavy atom. The SMILES string of the molecule is C[Si](C)(C)O[Si](C)(OC=O)O[Si](C)(C)C. The number of carbonyl (C=O) groups is 1. The molecule has 0 saturated heterocycles. The molecule has 0 bridgehead atoms. The fourth-order valence-electron chi connectivity index (χ4n) is 1.27. The van der Waals surface area contributed by atoms with Crippen LogP contribution in [0.4, 0.5) is 0 Å². The average Bonchev–Trinajstić information content (AvgIpc) is 1.74. The lowest BCUT2D eigenvalue weighted by molar-refractivity contribution is -0.123. The van der Waals surface area contributed by atoms with Gasteiger partial charge in [-0.25, -0.2) is 0 Å². The first-order valence-electron chi connectivity index (χ1n) is 4.99. The van der Waals surface area contributed by atoms with Crippen LogP contribution in [-0.4, -0.2) is 31.9 Å². The molecule has 0 rings (SSSR count). The Kier molecular flexibility index (Phi) is 4.93. The minimum atomic E-state index is -2.76. The summed E-state index contributed by atoms with van der Waals surface area (Å²) in [5.74, 6) is 0. The van der Waals surface area contributed by atoms with Gasteiger partial charge in [-0.2, -0.15) is 0 Å². The molecule has 0 aromatic heterocycles. The van der Waals surface area contributed by atoms with E-state index in [2.05, 4.69) is 39.3 Å². The molecule has 0 saturated carbocycles. The van der Waals surface area contributed by atoms with Gasteiger partial charge in [0.15, 0.2) is 16.6 Å². The second-order valence-electron chi connectivity index (χ2n) is 5.51.